The molecule has 64 heavy (non-hydrogen) atoms. The molecule has 3 heterocycles. The smallest absolute Gasteiger partial charge is 0.329 e. The van der Waals surface area contributed by atoms with E-state index in [0.717, 1.165) is 6.42 Å². The normalized spacial score (nSPS) is 42.0. The number of piperidine rings is 1. The maximum Gasteiger partial charge on any atom is 0.329 e. The van der Waals surface area contributed by atoms with Crippen LogP contribution in [-0.4, -0.2) is 135 Å². The van der Waals surface area contributed by atoms with Crippen molar-refractivity contribution in [2.75, 3.05) is 20.8 Å². The highest BCUT2D eigenvalue weighted by atomic mass is 16.6. The number of esters is 1. The number of Topliss-reactive ketones (excluding diaryl/α,β-unsaturated/α-hetero) is 2. The lowest BCUT2D eigenvalue weighted by Crippen LogP contribution is -2.61. The van der Waals surface area contributed by atoms with E-state index in [9.17, 15) is 44.7 Å². The van der Waals surface area contributed by atoms with Crippen molar-refractivity contribution in [3.63, 3.8) is 0 Å². The van der Waals surface area contributed by atoms with Gasteiger partial charge in [-0.15, -0.1) is 0 Å². The molecule has 0 unspecified atom stereocenters. The van der Waals surface area contributed by atoms with E-state index in [-0.39, 0.29) is 61.4 Å². The number of cyclic esters (lactones) is 1. The molecule has 1 amide bonds. The van der Waals surface area contributed by atoms with Crippen LogP contribution < -0.4 is 0 Å². The fraction of sp³-hybridized carbons (Fsp3) is 0.760. The Labute approximate surface area is 381 Å². The molecule has 2 saturated heterocycles. The van der Waals surface area contributed by atoms with Crippen LogP contribution in [0.4, 0.5) is 0 Å². The molecular weight excluding hydrogens is 823 g/mol. The Kier molecular flexibility index (Phi) is 20.6. The molecule has 0 radical (unpaired) electrons. The van der Waals surface area contributed by atoms with Gasteiger partial charge in [0.05, 0.1) is 30.5 Å². The molecule has 0 aromatic heterocycles. The van der Waals surface area contributed by atoms with Gasteiger partial charge in [-0.25, -0.2) is 4.79 Å². The van der Waals surface area contributed by atoms with E-state index in [1.807, 2.05) is 39.0 Å². The molecule has 5 N–H and O–H groups in total. The third-order valence-corrected chi connectivity index (χ3v) is 14.4. The first-order valence-electron chi connectivity index (χ1n) is 23.7. The van der Waals surface area contributed by atoms with Crippen LogP contribution in [0.1, 0.15) is 126 Å². The fourth-order valence-electron chi connectivity index (χ4n) is 10.0. The van der Waals surface area contributed by atoms with E-state index >= 15 is 0 Å². The van der Waals surface area contributed by atoms with Crippen molar-refractivity contribution in [3.8, 4) is 0 Å². The van der Waals surface area contributed by atoms with Crippen LogP contribution >= 0.6 is 0 Å². The zero-order chi connectivity index (χ0) is 47.5. The maximum absolute atomic E-state index is 14.3. The molecule has 1 saturated carbocycles. The number of nitrogens with zero attached hydrogens (tertiary/aromatic N) is 1. The Morgan fingerprint density at radius 1 is 0.859 bits per heavy atom. The number of allylic oxidation sites excluding steroid dienone is 6. The van der Waals surface area contributed by atoms with Gasteiger partial charge in [-0.1, -0.05) is 71.1 Å². The number of carbonyl (C=O) groups is 4. The zero-order valence-electron chi connectivity index (χ0n) is 39.8. The Bertz CT molecular complexity index is 1690. The van der Waals surface area contributed by atoms with Crippen LogP contribution in [0.2, 0.25) is 0 Å². The van der Waals surface area contributed by atoms with Crippen molar-refractivity contribution in [1.82, 2.24) is 4.90 Å². The molecular formula is C50H79NO13. The van der Waals surface area contributed by atoms with E-state index < -0.39 is 84.1 Å². The summed E-state index contributed by atoms with van der Waals surface area (Å²) in [5.74, 6) is -7.61. The average molecular weight is 902 g/mol. The summed E-state index contributed by atoms with van der Waals surface area (Å²) >= 11 is 0. The predicted octanol–water partition coefficient (Wildman–Crippen LogP) is 5.32. The molecule has 4 rings (SSSR count). The highest BCUT2D eigenvalue weighted by Gasteiger charge is 2.53. The van der Waals surface area contributed by atoms with Crippen LogP contribution in [0.5, 0.6) is 0 Å². The number of ether oxygens (including phenoxy) is 4. The van der Waals surface area contributed by atoms with Crippen molar-refractivity contribution >= 4 is 23.4 Å². The van der Waals surface area contributed by atoms with Gasteiger partial charge in [0.15, 0.2) is 0 Å². The Morgan fingerprint density at radius 3 is 2.27 bits per heavy atom. The summed E-state index contributed by atoms with van der Waals surface area (Å²) in [4.78, 5) is 57.8. The first-order chi connectivity index (χ1) is 30.2. The number of amides is 1. The molecule has 16 atom stereocenters. The van der Waals surface area contributed by atoms with Crippen LogP contribution in [-0.2, 0) is 38.1 Å². The quantitative estimate of drug-likeness (QED) is 0.135. The van der Waals surface area contributed by atoms with Gasteiger partial charge in [-0.05, 0) is 113 Å². The minimum atomic E-state index is -2.48. The molecule has 3 fully saturated rings. The number of fused-ring (bicyclic) bond motifs is 3. The summed E-state index contributed by atoms with van der Waals surface area (Å²) in [6.45, 7) is 12.7. The lowest BCUT2D eigenvalue weighted by molar-refractivity contribution is -0.265. The molecule has 3 aliphatic heterocycles. The van der Waals surface area contributed by atoms with Crippen LogP contribution in [0.25, 0.3) is 0 Å². The summed E-state index contributed by atoms with van der Waals surface area (Å²) in [6.07, 6.45) is 9.19. The standard InChI is InChI=1S/C50H79NO13/c1-29-15-11-10-12-16-30(2)40(53)27-37-20-18-35(7)50(60,64-37)47(57)48(58)51-22-14-13-17-38(51)49(59)63-42(32(4)25-36-19-21-39(52)43(26-36)61-8)28-41(54)31(3)24-34(6)45(56)46(62-9)44(55)33(5)23-29/h10-12,15-16,24,29,31-33,35-40,42-46,52-53,55-56,60H,13-14,17-23,25-28H2,1-9H3/b12-10+,15-11+,30-16+,34-24+/t29-,31-,32-,33-,35-,36+,37+,38+,39-,40+,42+,43-,44+,45-,46+,50-/m1/s1. The fourth-order valence-corrected chi connectivity index (χ4v) is 10.0. The third-order valence-electron chi connectivity index (χ3n) is 14.4. The second kappa shape index (κ2) is 24.6. The second-order valence-corrected chi connectivity index (χ2v) is 19.6. The van der Waals surface area contributed by atoms with Crippen molar-refractivity contribution < 1.29 is 63.7 Å². The molecule has 4 aliphatic rings. The van der Waals surface area contributed by atoms with E-state index in [1.54, 1.807) is 53.0 Å². The van der Waals surface area contributed by atoms with Gasteiger partial charge in [-0.2, -0.15) is 0 Å². The van der Waals surface area contributed by atoms with Gasteiger partial charge in [0.25, 0.3) is 11.7 Å². The third kappa shape index (κ3) is 14.0. The Balaban J connectivity index is 1.69. The molecule has 0 aromatic carbocycles. The summed E-state index contributed by atoms with van der Waals surface area (Å²) in [6, 6.07) is -1.15. The Hall–Kier alpha value is -3.08. The number of rotatable bonds is 5. The topological polar surface area (TPSA) is 210 Å². The Morgan fingerprint density at radius 2 is 1.58 bits per heavy atom. The van der Waals surface area contributed by atoms with Gasteiger partial charge in [0.2, 0.25) is 5.79 Å². The van der Waals surface area contributed by atoms with Crippen LogP contribution in [0.15, 0.2) is 47.6 Å². The molecule has 14 nitrogen and oxygen atoms in total. The number of carbonyl (C=O) groups excluding carboxylic acids is 4. The average Bonchev–Trinajstić information content (AvgIpc) is 3.26. The molecule has 0 spiro atoms. The number of methoxy groups -OCH3 is 2. The van der Waals surface area contributed by atoms with Crippen LogP contribution in [0.3, 0.4) is 0 Å². The first kappa shape index (κ1) is 53.5. The molecule has 2 bridgehead atoms. The van der Waals surface area contributed by atoms with Gasteiger partial charge in [0.1, 0.15) is 30.1 Å². The van der Waals surface area contributed by atoms with E-state index in [2.05, 4.69) is 0 Å². The van der Waals surface area contributed by atoms with Crippen molar-refractivity contribution in [1.29, 1.82) is 0 Å². The first-order valence-corrected chi connectivity index (χ1v) is 23.7. The number of hydrogen-bond donors (Lipinski definition) is 5. The van der Waals surface area contributed by atoms with Gasteiger partial charge >= 0.3 is 5.97 Å². The van der Waals surface area contributed by atoms with Crippen LogP contribution in [0, 0.1) is 35.5 Å². The molecule has 0 aromatic rings. The molecule has 1 aliphatic carbocycles. The number of aliphatic hydroxyl groups excluding tert-OH is 4. The summed E-state index contributed by atoms with van der Waals surface area (Å²) in [7, 11) is 2.99. The van der Waals surface area contributed by atoms with Crippen molar-refractivity contribution in [3.05, 3.63) is 47.6 Å². The number of aliphatic hydroxyl groups is 5. The number of hydrogen-bond acceptors (Lipinski definition) is 13. The lowest BCUT2D eigenvalue weighted by Gasteiger charge is -2.42. The monoisotopic (exact) mass is 902 g/mol. The zero-order valence-corrected chi connectivity index (χ0v) is 39.8. The minimum Gasteiger partial charge on any atom is -0.460 e. The van der Waals surface area contributed by atoms with Crippen molar-refractivity contribution in [2.24, 2.45) is 35.5 Å². The predicted molar refractivity (Wildman–Crippen MR) is 241 cm³/mol. The summed E-state index contributed by atoms with van der Waals surface area (Å²) < 4.78 is 23.5. The molecule has 362 valence electrons. The van der Waals surface area contributed by atoms with Gasteiger partial charge < -0.3 is 49.4 Å². The molecule has 14 heteroatoms. The lowest BCUT2D eigenvalue weighted by atomic mass is 9.78. The SMILES string of the molecule is CO[C@H]1[C@@H](O)[C@H](C)C[C@H](C)/C=C/C=C/C=C(\C)[C@@H](O)C[C@@H]2CC[C@@H](C)[C@@](O)(O2)C(=O)C(=O)N2CCCC[C@H]2C(=O)O[C@H]([C@H](C)C[C@@H]2CC[C@@H](O)[C@H](OC)C2)CC(=O)[C@H](C)/C=C(\C)[C@H]1O. The van der Waals surface area contributed by atoms with Gasteiger partial charge in [-0.3, -0.25) is 14.4 Å². The highest BCUT2D eigenvalue weighted by Crippen LogP contribution is 2.37. The number of ketones is 2. The minimum absolute atomic E-state index is 0.0559. The summed E-state index contributed by atoms with van der Waals surface area (Å²) in [5, 5.41) is 56.3. The van der Waals surface area contributed by atoms with Gasteiger partial charge in [0, 0.05) is 45.4 Å². The largest absolute Gasteiger partial charge is 0.460 e. The highest BCUT2D eigenvalue weighted by molar-refractivity contribution is 6.39. The van der Waals surface area contributed by atoms with E-state index in [1.165, 1.54) is 12.0 Å². The van der Waals surface area contributed by atoms with Crippen molar-refractivity contribution in [2.45, 2.75) is 186 Å². The second-order valence-electron chi connectivity index (χ2n) is 19.6. The van der Waals surface area contributed by atoms with E-state index in [4.69, 9.17) is 18.9 Å². The maximum atomic E-state index is 14.3. The van der Waals surface area contributed by atoms with E-state index in [0.29, 0.717) is 62.5 Å². The summed E-state index contributed by atoms with van der Waals surface area (Å²) in [5.41, 5.74) is 1.07.